The fourth-order valence-corrected chi connectivity index (χ4v) is 2.08. The fourth-order valence-electron chi connectivity index (χ4n) is 1.65. The van der Waals surface area contributed by atoms with Crippen LogP contribution in [0.4, 0.5) is 0 Å². The van der Waals surface area contributed by atoms with Gasteiger partial charge in [-0.15, -0.1) is 0 Å². The molecular formula is C15H14BrClN2O2. The summed E-state index contributed by atoms with van der Waals surface area (Å²) in [5.41, 5.74) is 0.401. The predicted molar refractivity (Wildman–Crippen MR) is 85.8 cm³/mol. The first kappa shape index (κ1) is 15.8. The van der Waals surface area contributed by atoms with Gasteiger partial charge in [-0.05, 0) is 40.2 Å². The lowest BCUT2D eigenvalue weighted by Gasteiger charge is -2.17. The smallest absolute Gasteiger partial charge is 0.272 e. The van der Waals surface area contributed by atoms with Gasteiger partial charge in [0.2, 0.25) is 0 Å². The Morgan fingerprint density at radius 2 is 2.10 bits per heavy atom. The highest BCUT2D eigenvalue weighted by atomic mass is 79.9. The number of pyridine rings is 1. The standard InChI is InChI=1S/C15H14BrClN2O2/c1-19(15(20)13-7-6-11(16)10-18-13)8-9-21-14-5-3-2-4-12(14)17/h2-7,10H,8-9H2,1H3. The third-order valence-corrected chi connectivity index (χ3v) is 3.60. The number of halogens is 2. The van der Waals surface area contributed by atoms with Gasteiger partial charge < -0.3 is 9.64 Å². The van der Waals surface area contributed by atoms with Crippen LogP contribution in [0, 0.1) is 0 Å². The van der Waals surface area contributed by atoms with Crippen molar-refractivity contribution in [2.75, 3.05) is 20.2 Å². The average Bonchev–Trinajstić information content (AvgIpc) is 2.49. The van der Waals surface area contributed by atoms with Crippen LogP contribution in [0.2, 0.25) is 5.02 Å². The first-order valence-corrected chi connectivity index (χ1v) is 7.49. The van der Waals surface area contributed by atoms with Gasteiger partial charge in [0.05, 0.1) is 11.6 Å². The number of carbonyl (C=O) groups excluding carboxylic acids is 1. The molecule has 0 radical (unpaired) electrons. The van der Waals surface area contributed by atoms with Gasteiger partial charge in [0.25, 0.3) is 5.91 Å². The maximum Gasteiger partial charge on any atom is 0.272 e. The van der Waals surface area contributed by atoms with E-state index >= 15 is 0 Å². The second-order valence-electron chi connectivity index (χ2n) is 4.37. The Bertz CT molecular complexity index is 619. The summed E-state index contributed by atoms with van der Waals surface area (Å²) in [4.78, 5) is 17.8. The zero-order valence-corrected chi connectivity index (χ0v) is 13.8. The van der Waals surface area contributed by atoms with Crippen LogP contribution in [0.3, 0.4) is 0 Å². The highest BCUT2D eigenvalue weighted by Crippen LogP contribution is 2.22. The summed E-state index contributed by atoms with van der Waals surface area (Å²) in [5.74, 6) is 0.465. The molecule has 2 aromatic rings. The molecule has 0 fully saturated rings. The van der Waals surface area contributed by atoms with Crippen LogP contribution in [0.25, 0.3) is 0 Å². The van der Waals surface area contributed by atoms with E-state index in [4.69, 9.17) is 16.3 Å². The second-order valence-corrected chi connectivity index (χ2v) is 5.69. The Balaban J connectivity index is 1.87. The van der Waals surface area contributed by atoms with E-state index in [0.717, 1.165) is 4.47 Å². The highest BCUT2D eigenvalue weighted by molar-refractivity contribution is 9.10. The molecule has 1 heterocycles. The predicted octanol–water partition coefficient (Wildman–Crippen LogP) is 3.65. The molecule has 6 heteroatoms. The molecule has 1 amide bonds. The molecule has 0 bridgehead atoms. The largest absolute Gasteiger partial charge is 0.490 e. The molecule has 110 valence electrons. The molecule has 0 aliphatic carbocycles. The van der Waals surface area contributed by atoms with E-state index in [1.54, 1.807) is 42.4 Å². The molecule has 4 nitrogen and oxygen atoms in total. The first-order valence-electron chi connectivity index (χ1n) is 6.32. The van der Waals surface area contributed by atoms with Crippen molar-refractivity contribution in [2.24, 2.45) is 0 Å². The van der Waals surface area contributed by atoms with Crippen LogP contribution in [0.5, 0.6) is 5.75 Å². The molecule has 0 atom stereocenters. The first-order chi connectivity index (χ1) is 10.1. The molecule has 0 spiro atoms. The lowest BCUT2D eigenvalue weighted by atomic mass is 10.3. The van der Waals surface area contributed by atoms with Crippen molar-refractivity contribution in [3.63, 3.8) is 0 Å². The average molecular weight is 370 g/mol. The SMILES string of the molecule is CN(CCOc1ccccc1Cl)C(=O)c1ccc(Br)cn1. The minimum atomic E-state index is -0.148. The number of amides is 1. The zero-order chi connectivity index (χ0) is 15.2. The van der Waals surface area contributed by atoms with Gasteiger partial charge >= 0.3 is 0 Å². The summed E-state index contributed by atoms with van der Waals surface area (Å²) in [6.45, 7) is 0.810. The molecule has 0 N–H and O–H groups in total. The maximum atomic E-state index is 12.1. The number of nitrogens with zero attached hydrogens (tertiary/aromatic N) is 2. The van der Waals surface area contributed by atoms with E-state index in [1.807, 2.05) is 12.1 Å². The van der Waals surface area contributed by atoms with Gasteiger partial charge in [-0.1, -0.05) is 23.7 Å². The van der Waals surface area contributed by atoms with Gasteiger partial charge in [0, 0.05) is 17.7 Å². The van der Waals surface area contributed by atoms with Crippen LogP contribution in [0.1, 0.15) is 10.5 Å². The zero-order valence-electron chi connectivity index (χ0n) is 11.4. The molecule has 1 aromatic carbocycles. The van der Waals surface area contributed by atoms with E-state index in [0.29, 0.717) is 29.6 Å². The fraction of sp³-hybridized carbons (Fsp3) is 0.200. The van der Waals surface area contributed by atoms with Crippen molar-refractivity contribution < 1.29 is 9.53 Å². The molecule has 0 saturated carbocycles. The van der Waals surface area contributed by atoms with Gasteiger partial charge in [0.1, 0.15) is 18.1 Å². The minimum Gasteiger partial charge on any atom is -0.490 e. The van der Waals surface area contributed by atoms with Gasteiger partial charge in [0.15, 0.2) is 0 Å². The summed E-state index contributed by atoms with van der Waals surface area (Å²) in [6, 6.07) is 10.7. The van der Waals surface area contributed by atoms with E-state index in [2.05, 4.69) is 20.9 Å². The van der Waals surface area contributed by atoms with Crippen molar-refractivity contribution in [1.82, 2.24) is 9.88 Å². The minimum absolute atomic E-state index is 0.148. The van der Waals surface area contributed by atoms with Crippen LogP contribution in [0.15, 0.2) is 47.1 Å². The Hall–Kier alpha value is -1.59. The summed E-state index contributed by atoms with van der Waals surface area (Å²) in [5, 5.41) is 0.557. The van der Waals surface area contributed by atoms with Crippen molar-refractivity contribution >= 4 is 33.4 Å². The van der Waals surface area contributed by atoms with Crippen molar-refractivity contribution in [3.8, 4) is 5.75 Å². The number of para-hydroxylation sites is 1. The molecule has 0 aliphatic heterocycles. The Kier molecular flexibility index (Phi) is 5.59. The number of likely N-dealkylation sites (N-methyl/N-ethyl adjacent to an activating group) is 1. The van der Waals surface area contributed by atoms with Crippen LogP contribution >= 0.6 is 27.5 Å². The highest BCUT2D eigenvalue weighted by Gasteiger charge is 2.13. The number of carbonyl (C=O) groups is 1. The number of hydrogen-bond acceptors (Lipinski definition) is 3. The summed E-state index contributed by atoms with van der Waals surface area (Å²) in [7, 11) is 1.71. The monoisotopic (exact) mass is 368 g/mol. The van der Waals surface area contributed by atoms with E-state index in [-0.39, 0.29) is 5.91 Å². The number of rotatable bonds is 5. The van der Waals surface area contributed by atoms with E-state index in [1.165, 1.54) is 0 Å². The van der Waals surface area contributed by atoms with Crippen molar-refractivity contribution in [2.45, 2.75) is 0 Å². The van der Waals surface area contributed by atoms with Crippen LogP contribution < -0.4 is 4.74 Å². The molecule has 1 aromatic heterocycles. The Morgan fingerprint density at radius 3 is 2.76 bits per heavy atom. The second kappa shape index (κ2) is 7.43. The van der Waals surface area contributed by atoms with Crippen LogP contribution in [-0.2, 0) is 0 Å². The molecule has 0 aliphatic rings. The lowest BCUT2D eigenvalue weighted by Crippen LogP contribution is -2.31. The molecule has 2 rings (SSSR count). The van der Waals surface area contributed by atoms with Gasteiger partial charge in [-0.25, -0.2) is 4.98 Å². The Morgan fingerprint density at radius 1 is 1.33 bits per heavy atom. The number of aromatic nitrogens is 1. The third kappa shape index (κ3) is 4.44. The maximum absolute atomic E-state index is 12.1. The van der Waals surface area contributed by atoms with E-state index < -0.39 is 0 Å². The third-order valence-electron chi connectivity index (χ3n) is 2.81. The van der Waals surface area contributed by atoms with E-state index in [9.17, 15) is 4.79 Å². The molecule has 0 unspecified atom stereocenters. The number of benzene rings is 1. The quantitative estimate of drug-likeness (QED) is 0.808. The van der Waals surface area contributed by atoms with Gasteiger partial charge in [-0.2, -0.15) is 0 Å². The number of hydrogen-bond donors (Lipinski definition) is 0. The van der Waals surface area contributed by atoms with Crippen LogP contribution in [-0.4, -0.2) is 36.0 Å². The van der Waals surface area contributed by atoms with Crippen molar-refractivity contribution in [3.05, 3.63) is 57.8 Å². The van der Waals surface area contributed by atoms with Gasteiger partial charge in [-0.3, -0.25) is 4.79 Å². The van der Waals surface area contributed by atoms with Crippen molar-refractivity contribution in [1.29, 1.82) is 0 Å². The topological polar surface area (TPSA) is 42.4 Å². The molecular weight excluding hydrogens is 356 g/mol. The summed E-state index contributed by atoms with van der Waals surface area (Å²) < 4.78 is 6.40. The normalized spacial score (nSPS) is 10.2. The number of ether oxygens (including phenoxy) is 1. The summed E-state index contributed by atoms with van der Waals surface area (Å²) in [6.07, 6.45) is 1.60. The lowest BCUT2D eigenvalue weighted by molar-refractivity contribution is 0.0768. The Labute approximate surface area is 136 Å². The summed E-state index contributed by atoms with van der Waals surface area (Å²) >= 11 is 9.28. The molecule has 0 saturated heterocycles. The molecule has 21 heavy (non-hydrogen) atoms.